The molecule has 0 aliphatic carbocycles. The summed E-state index contributed by atoms with van der Waals surface area (Å²) < 4.78 is 11.6. The SMILES string of the molecule is CCCNC(=O)C1=C(C)C(c2cc(C(C)C)c(OC)cc2OC)=[N+]1[O-]. The van der Waals surface area contributed by atoms with Gasteiger partial charge >= 0.3 is 5.91 Å². The topological polar surface area (TPSA) is 73.6 Å². The van der Waals surface area contributed by atoms with E-state index in [2.05, 4.69) is 19.2 Å². The van der Waals surface area contributed by atoms with Crippen LogP contribution in [-0.4, -0.2) is 37.1 Å². The van der Waals surface area contributed by atoms with Crippen LogP contribution in [0.25, 0.3) is 0 Å². The fourth-order valence-electron chi connectivity index (χ4n) is 2.93. The van der Waals surface area contributed by atoms with Gasteiger partial charge in [-0.25, -0.2) is 0 Å². The molecule has 0 saturated heterocycles. The molecule has 0 spiro atoms. The fraction of sp³-hybridized carbons (Fsp3) is 0.474. The van der Waals surface area contributed by atoms with Crippen LogP contribution in [0.1, 0.15) is 51.2 Å². The van der Waals surface area contributed by atoms with Crippen LogP contribution in [0.4, 0.5) is 0 Å². The van der Waals surface area contributed by atoms with E-state index in [1.807, 2.05) is 13.0 Å². The molecule has 136 valence electrons. The quantitative estimate of drug-likeness (QED) is 0.608. The number of ether oxygens (including phenoxy) is 2. The predicted octanol–water partition coefficient (Wildman–Crippen LogP) is 2.94. The summed E-state index contributed by atoms with van der Waals surface area (Å²) in [5.74, 6) is 1.15. The third kappa shape index (κ3) is 3.34. The number of hydrogen-bond acceptors (Lipinski definition) is 4. The first kappa shape index (κ1) is 18.8. The first-order valence-electron chi connectivity index (χ1n) is 8.47. The summed E-state index contributed by atoms with van der Waals surface area (Å²) in [6, 6.07) is 3.70. The molecule has 0 fully saturated rings. The summed E-state index contributed by atoms with van der Waals surface area (Å²) in [5.41, 5.74) is 2.94. The monoisotopic (exact) mass is 346 g/mol. The van der Waals surface area contributed by atoms with E-state index >= 15 is 0 Å². The number of nitrogens with one attached hydrogen (secondary N) is 1. The Kier molecular flexibility index (Phi) is 5.72. The smallest absolute Gasteiger partial charge is 0.318 e. The summed E-state index contributed by atoms with van der Waals surface area (Å²) in [7, 11) is 3.16. The van der Waals surface area contributed by atoms with Crippen molar-refractivity contribution in [1.29, 1.82) is 0 Å². The molecule has 0 unspecified atom stereocenters. The maximum atomic E-state index is 12.6. The molecule has 1 aliphatic heterocycles. The Hall–Kier alpha value is -2.50. The number of nitrogens with zero attached hydrogens (tertiary/aromatic N) is 1. The van der Waals surface area contributed by atoms with Crippen molar-refractivity contribution >= 4 is 11.6 Å². The maximum absolute atomic E-state index is 12.6. The molecule has 1 aromatic rings. The van der Waals surface area contributed by atoms with Gasteiger partial charge in [0, 0.05) is 12.6 Å². The standard InChI is InChI=1S/C19H26N2O4/c1-7-8-20-19(22)18-12(4)17(21(18)23)14-9-13(11(2)3)15(24-5)10-16(14)25-6/h9-11H,7-8H2,1-6H3,(H,20,22). The minimum absolute atomic E-state index is 0.160. The van der Waals surface area contributed by atoms with Crippen LogP contribution in [-0.2, 0) is 4.79 Å². The molecule has 6 nitrogen and oxygen atoms in total. The van der Waals surface area contributed by atoms with E-state index in [1.165, 1.54) is 0 Å². The molecule has 1 aromatic carbocycles. The highest BCUT2D eigenvalue weighted by Gasteiger charge is 2.40. The van der Waals surface area contributed by atoms with Gasteiger partial charge in [0.25, 0.3) is 5.70 Å². The van der Waals surface area contributed by atoms with Crippen molar-refractivity contribution in [3.63, 3.8) is 0 Å². The number of carbonyl (C=O) groups excluding carboxylic acids is 1. The van der Waals surface area contributed by atoms with Crippen LogP contribution in [0.2, 0.25) is 0 Å². The predicted molar refractivity (Wildman–Crippen MR) is 97.4 cm³/mol. The third-order valence-corrected chi connectivity index (χ3v) is 4.30. The van der Waals surface area contributed by atoms with E-state index in [4.69, 9.17) is 9.47 Å². The van der Waals surface area contributed by atoms with Gasteiger partial charge in [-0.15, -0.1) is 0 Å². The molecule has 2 rings (SSSR count). The van der Waals surface area contributed by atoms with Gasteiger partial charge in [-0.05, 0) is 30.9 Å². The van der Waals surface area contributed by atoms with Crippen LogP contribution in [0.5, 0.6) is 11.5 Å². The molecule has 0 aromatic heterocycles. The number of rotatable bonds is 7. The summed E-state index contributed by atoms with van der Waals surface area (Å²) in [4.78, 5) is 12.1. The minimum atomic E-state index is -0.338. The number of hydrogen-bond donors (Lipinski definition) is 1. The second-order valence-electron chi connectivity index (χ2n) is 6.32. The average Bonchev–Trinajstić information content (AvgIpc) is 2.59. The van der Waals surface area contributed by atoms with E-state index in [-0.39, 0.29) is 17.5 Å². The van der Waals surface area contributed by atoms with Crippen LogP contribution in [0.3, 0.4) is 0 Å². The fourth-order valence-corrected chi connectivity index (χ4v) is 2.93. The molecule has 0 bridgehead atoms. The van der Waals surface area contributed by atoms with Crippen LogP contribution in [0.15, 0.2) is 23.4 Å². The Morgan fingerprint density at radius 1 is 1.24 bits per heavy atom. The van der Waals surface area contributed by atoms with Gasteiger partial charge in [0.1, 0.15) is 17.1 Å². The Morgan fingerprint density at radius 3 is 2.36 bits per heavy atom. The lowest BCUT2D eigenvalue weighted by molar-refractivity contribution is -0.409. The first-order chi connectivity index (χ1) is 11.9. The highest BCUT2D eigenvalue weighted by Crippen LogP contribution is 2.37. The number of allylic oxidation sites excluding steroid dienone is 1. The number of benzene rings is 1. The summed E-state index contributed by atoms with van der Waals surface area (Å²) in [6.07, 6.45) is 0.817. The molecule has 6 heteroatoms. The normalized spacial score (nSPS) is 13.9. The van der Waals surface area contributed by atoms with Crippen LogP contribution < -0.4 is 14.8 Å². The van der Waals surface area contributed by atoms with Gasteiger partial charge in [0.15, 0.2) is 0 Å². The molecule has 1 N–H and O–H groups in total. The number of methoxy groups -OCH3 is 2. The van der Waals surface area contributed by atoms with Gasteiger partial charge in [-0.2, -0.15) is 4.74 Å². The van der Waals surface area contributed by atoms with E-state index in [1.54, 1.807) is 27.2 Å². The average molecular weight is 346 g/mol. The lowest BCUT2D eigenvalue weighted by atomic mass is 9.91. The van der Waals surface area contributed by atoms with Crippen LogP contribution in [0, 0.1) is 5.21 Å². The van der Waals surface area contributed by atoms with Crippen molar-refractivity contribution in [2.45, 2.75) is 40.0 Å². The Morgan fingerprint density at radius 2 is 1.88 bits per heavy atom. The van der Waals surface area contributed by atoms with E-state index in [9.17, 15) is 10.0 Å². The molecular formula is C19H26N2O4. The summed E-state index contributed by atoms with van der Waals surface area (Å²) in [5, 5.41) is 15.3. The molecule has 0 atom stereocenters. The molecule has 1 aliphatic rings. The van der Waals surface area contributed by atoms with Crippen LogP contribution >= 0.6 is 0 Å². The maximum Gasteiger partial charge on any atom is 0.318 e. The number of carbonyl (C=O) groups is 1. The van der Waals surface area contributed by atoms with Crippen molar-refractivity contribution < 1.29 is 19.0 Å². The zero-order valence-corrected chi connectivity index (χ0v) is 15.7. The molecular weight excluding hydrogens is 320 g/mol. The second kappa shape index (κ2) is 7.59. The molecule has 0 saturated carbocycles. The zero-order valence-electron chi connectivity index (χ0n) is 15.7. The first-order valence-corrected chi connectivity index (χ1v) is 8.47. The van der Waals surface area contributed by atoms with Gasteiger partial charge < -0.3 is 20.0 Å². The van der Waals surface area contributed by atoms with Crippen molar-refractivity contribution in [1.82, 2.24) is 5.32 Å². The highest BCUT2D eigenvalue weighted by molar-refractivity contribution is 6.18. The molecule has 1 amide bonds. The van der Waals surface area contributed by atoms with E-state index in [0.29, 0.717) is 33.9 Å². The molecule has 25 heavy (non-hydrogen) atoms. The molecule has 1 heterocycles. The summed E-state index contributed by atoms with van der Waals surface area (Å²) in [6.45, 7) is 8.40. The van der Waals surface area contributed by atoms with Crippen molar-refractivity contribution in [3.8, 4) is 11.5 Å². The lowest BCUT2D eigenvalue weighted by Crippen LogP contribution is -2.39. The Labute approximate surface area is 148 Å². The summed E-state index contributed by atoms with van der Waals surface area (Å²) >= 11 is 0. The van der Waals surface area contributed by atoms with Gasteiger partial charge in [-0.1, -0.05) is 20.8 Å². The van der Waals surface area contributed by atoms with E-state index in [0.717, 1.165) is 17.7 Å². The minimum Gasteiger partial charge on any atom is -0.618 e. The number of amides is 1. The second-order valence-corrected chi connectivity index (χ2v) is 6.32. The highest BCUT2D eigenvalue weighted by atomic mass is 16.5. The Balaban J connectivity index is 2.47. The number of hydroxylamine groups is 1. The molecule has 0 radical (unpaired) electrons. The van der Waals surface area contributed by atoms with Gasteiger partial charge in [0.2, 0.25) is 5.71 Å². The third-order valence-electron chi connectivity index (χ3n) is 4.30. The van der Waals surface area contributed by atoms with Gasteiger partial charge in [-0.3, -0.25) is 4.79 Å². The van der Waals surface area contributed by atoms with Gasteiger partial charge in [0.05, 0.1) is 19.8 Å². The van der Waals surface area contributed by atoms with Crippen molar-refractivity contribution in [2.75, 3.05) is 20.8 Å². The lowest BCUT2D eigenvalue weighted by Gasteiger charge is -2.24. The zero-order chi connectivity index (χ0) is 18.7. The van der Waals surface area contributed by atoms with Crippen molar-refractivity contribution in [2.24, 2.45) is 0 Å². The Bertz CT molecular complexity index is 748. The van der Waals surface area contributed by atoms with Crippen molar-refractivity contribution in [3.05, 3.63) is 39.7 Å². The van der Waals surface area contributed by atoms with E-state index < -0.39 is 0 Å². The largest absolute Gasteiger partial charge is 0.618 e.